The zero-order chi connectivity index (χ0) is 21.1. The summed E-state index contributed by atoms with van der Waals surface area (Å²) in [7, 11) is -3.89. The molecule has 0 saturated carbocycles. The van der Waals surface area contributed by atoms with E-state index in [4.69, 9.17) is 21.6 Å². The predicted molar refractivity (Wildman–Crippen MR) is 102 cm³/mol. The lowest BCUT2D eigenvalue weighted by atomic mass is 10.2. The first-order chi connectivity index (χ1) is 13.0. The highest BCUT2D eigenvalue weighted by molar-refractivity contribution is 7.92. The van der Waals surface area contributed by atoms with Gasteiger partial charge in [-0.05, 0) is 39.3 Å². The third kappa shape index (κ3) is 4.94. The number of benzene rings is 1. The number of nitrogens with zero attached hydrogens (tertiary/aromatic N) is 2. The highest BCUT2D eigenvalue weighted by atomic mass is 35.5. The Morgan fingerprint density at radius 1 is 1.36 bits per heavy atom. The second-order valence-corrected chi connectivity index (χ2v) is 9.96. The van der Waals surface area contributed by atoms with Gasteiger partial charge in [0.25, 0.3) is 0 Å². The molecule has 2 atom stereocenters. The molecular formula is C18H22ClN3O5S. The molecule has 8 nitrogen and oxygen atoms in total. The molecule has 1 aromatic rings. The standard InChI is InChI=1S/C18H22ClN3O5S/c1-18(2,3)27-17(24)22-11-12(10-14(22)16(23)21-9-8-20)28(25,26)15-7-5-4-6-13(15)19/h4-7,12,14H,9-11H2,1-3H3,(H,21,23)/t12-,14+/m1/s1. The third-order valence-corrected chi connectivity index (χ3v) is 6.75. The van der Waals surface area contributed by atoms with E-state index >= 15 is 0 Å². The number of likely N-dealkylation sites (tertiary alicyclic amines) is 1. The van der Waals surface area contributed by atoms with Crippen LogP contribution in [0.1, 0.15) is 27.2 Å². The van der Waals surface area contributed by atoms with Crippen LogP contribution in [0, 0.1) is 11.3 Å². The van der Waals surface area contributed by atoms with Gasteiger partial charge in [-0.1, -0.05) is 23.7 Å². The quantitative estimate of drug-likeness (QED) is 0.735. The topological polar surface area (TPSA) is 117 Å². The van der Waals surface area contributed by atoms with Crippen molar-refractivity contribution in [3.05, 3.63) is 29.3 Å². The van der Waals surface area contributed by atoms with Crippen LogP contribution in [0.2, 0.25) is 5.02 Å². The maximum atomic E-state index is 13.0. The van der Waals surface area contributed by atoms with E-state index in [9.17, 15) is 18.0 Å². The maximum Gasteiger partial charge on any atom is 0.411 e. The Morgan fingerprint density at radius 3 is 2.57 bits per heavy atom. The van der Waals surface area contributed by atoms with Crippen LogP contribution in [0.3, 0.4) is 0 Å². The second kappa shape index (κ2) is 8.37. The smallest absolute Gasteiger partial charge is 0.411 e. The van der Waals surface area contributed by atoms with Crippen molar-refractivity contribution in [2.45, 2.75) is 49.0 Å². The number of hydrogen-bond donors (Lipinski definition) is 1. The van der Waals surface area contributed by atoms with Crippen LogP contribution in [0.15, 0.2) is 29.2 Å². The largest absolute Gasteiger partial charge is 0.444 e. The molecule has 1 aliphatic rings. The van der Waals surface area contributed by atoms with Crippen LogP contribution >= 0.6 is 11.6 Å². The van der Waals surface area contributed by atoms with Gasteiger partial charge in [0, 0.05) is 6.54 Å². The lowest BCUT2D eigenvalue weighted by molar-refractivity contribution is -0.125. The molecule has 1 fully saturated rings. The number of amides is 2. The van der Waals surface area contributed by atoms with E-state index in [-0.39, 0.29) is 29.4 Å². The third-order valence-electron chi connectivity index (χ3n) is 4.12. The molecule has 1 N–H and O–H groups in total. The van der Waals surface area contributed by atoms with Crippen LogP contribution < -0.4 is 5.32 Å². The highest BCUT2D eigenvalue weighted by Crippen LogP contribution is 2.32. The summed E-state index contributed by atoms with van der Waals surface area (Å²) in [6.45, 7) is 4.55. The molecule has 1 saturated heterocycles. The van der Waals surface area contributed by atoms with Gasteiger partial charge < -0.3 is 10.1 Å². The Hall–Kier alpha value is -2.31. The summed E-state index contributed by atoms with van der Waals surface area (Å²) < 4.78 is 31.4. The minimum Gasteiger partial charge on any atom is -0.444 e. The van der Waals surface area contributed by atoms with E-state index in [0.29, 0.717) is 0 Å². The lowest BCUT2D eigenvalue weighted by Crippen LogP contribution is -2.47. The number of carbonyl (C=O) groups excluding carboxylic acids is 2. The van der Waals surface area contributed by atoms with E-state index in [1.807, 2.05) is 0 Å². The van der Waals surface area contributed by atoms with Crippen molar-refractivity contribution in [1.82, 2.24) is 10.2 Å². The van der Waals surface area contributed by atoms with Crippen molar-refractivity contribution >= 4 is 33.4 Å². The molecule has 0 unspecified atom stereocenters. The number of carbonyl (C=O) groups is 2. The van der Waals surface area contributed by atoms with E-state index in [1.165, 1.54) is 12.1 Å². The summed E-state index contributed by atoms with van der Waals surface area (Å²) in [5.41, 5.74) is -0.815. The molecule has 0 spiro atoms. The van der Waals surface area contributed by atoms with Crippen LogP contribution in [-0.2, 0) is 19.4 Å². The lowest BCUT2D eigenvalue weighted by Gasteiger charge is -2.27. The Bertz CT molecular complexity index is 905. The van der Waals surface area contributed by atoms with Gasteiger partial charge in [0.1, 0.15) is 18.2 Å². The predicted octanol–water partition coefficient (Wildman–Crippen LogP) is 2.13. The first-order valence-electron chi connectivity index (χ1n) is 8.60. The van der Waals surface area contributed by atoms with Crippen LogP contribution in [0.25, 0.3) is 0 Å². The van der Waals surface area contributed by atoms with Crippen molar-refractivity contribution < 1.29 is 22.7 Å². The molecule has 2 rings (SSSR count). The van der Waals surface area contributed by atoms with Gasteiger partial charge >= 0.3 is 6.09 Å². The summed E-state index contributed by atoms with van der Waals surface area (Å²) in [6, 6.07) is 6.73. The van der Waals surface area contributed by atoms with Crippen molar-refractivity contribution in [3.63, 3.8) is 0 Å². The Balaban J connectivity index is 2.34. The summed E-state index contributed by atoms with van der Waals surface area (Å²) >= 11 is 6.04. The number of nitriles is 1. The maximum absolute atomic E-state index is 13.0. The number of ether oxygens (including phenoxy) is 1. The molecule has 0 radical (unpaired) electrons. The van der Waals surface area contributed by atoms with Gasteiger partial charge in [0.2, 0.25) is 5.91 Å². The van der Waals surface area contributed by atoms with Gasteiger partial charge in [0.15, 0.2) is 9.84 Å². The first-order valence-corrected chi connectivity index (χ1v) is 10.5. The average Bonchev–Trinajstić information content (AvgIpc) is 3.05. The van der Waals surface area contributed by atoms with Crippen molar-refractivity contribution in [2.75, 3.05) is 13.1 Å². The first kappa shape index (κ1) is 22.0. The molecule has 1 aromatic carbocycles. The summed E-state index contributed by atoms with van der Waals surface area (Å²) in [5.74, 6) is -0.607. The van der Waals surface area contributed by atoms with Gasteiger partial charge in [-0.25, -0.2) is 13.2 Å². The number of nitrogens with one attached hydrogen (secondary N) is 1. The molecule has 0 aromatic heterocycles. The van der Waals surface area contributed by atoms with Crippen molar-refractivity contribution in [3.8, 4) is 6.07 Å². The normalized spacial score (nSPS) is 19.8. The molecular weight excluding hydrogens is 406 g/mol. The fraction of sp³-hybridized carbons (Fsp3) is 0.500. The zero-order valence-corrected chi connectivity index (χ0v) is 17.4. The summed E-state index contributed by atoms with van der Waals surface area (Å²) in [4.78, 5) is 26.0. The molecule has 1 heterocycles. The number of halogens is 1. The van der Waals surface area contributed by atoms with Gasteiger partial charge in [-0.15, -0.1) is 0 Å². The zero-order valence-electron chi connectivity index (χ0n) is 15.8. The molecule has 0 aliphatic carbocycles. The monoisotopic (exact) mass is 427 g/mol. The molecule has 2 amide bonds. The summed E-state index contributed by atoms with van der Waals surface area (Å²) in [5, 5.41) is 10.1. The van der Waals surface area contributed by atoms with E-state index in [0.717, 1.165) is 4.90 Å². The fourth-order valence-corrected chi connectivity index (χ4v) is 5.11. The molecule has 152 valence electrons. The number of hydrogen-bond acceptors (Lipinski definition) is 6. The van der Waals surface area contributed by atoms with Crippen LogP contribution in [-0.4, -0.2) is 55.3 Å². The average molecular weight is 428 g/mol. The fourth-order valence-electron chi connectivity index (χ4n) is 2.89. The highest BCUT2D eigenvalue weighted by Gasteiger charge is 2.46. The van der Waals surface area contributed by atoms with Gasteiger partial charge in [-0.2, -0.15) is 5.26 Å². The van der Waals surface area contributed by atoms with Crippen LogP contribution in [0.5, 0.6) is 0 Å². The second-order valence-electron chi connectivity index (χ2n) is 7.36. The molecule has 10 heteroatoms. The SMILES string of the molecule is CC(C)(C)OC(=O)N1C[C@H](S(=O)(=O)c2ccccc2Cl)C[C@H]1C(=O)NCC#N. The van der Waals surface area contributed by atoms with E-state index in [1.54, 1.807) is 39.0 Å². The number of sulfone groups is 1. The van der Waals surface area contributed by atoms with E-state index < -0.39 is 38.7 Å². The van der Waals surface area contributed by atoms with Gasteiger partial charge in [-0.3, -0.25) is 9.69 Å². The van der Waals surface area contributed by atoms with Crippen LogP contribution in [0.4, 0.5) is 4.79 Å². The Kier molecular flexibility index (Phi) is 6.57. The number of rotatable bonds is 4. The Labute approximate surface area is 169 Å². The molecule has 1 aliphatic heterocycles. The summed E-state index contributed by atoms with van der Waals surface area (Å²) in [6.07, 6.45) is -0.911. The Morgan fingerprint density at radius 2 is 2.00 bits per heavy atom. The molecule has 0 bridgehead atoms. The minimum atomic E-state index is -3.89. The van der Waals surface area contributed by atoms with Crippen molar-refractivity contribution in [1.29, 1.82) is 5.26 Å². The van der Waals surface area contributed by atoms with Gasteiger partial charge in [0.05, 0.1) is 21.2 Å². The van der Waals surface area contributed by atoms with E-state index in [2.05, 4.69) is 5.32 Å². The van der Waals surface area contributed by atoms with Crippen molar-refractivity contribution in [2.24, 2.45) is 0 Å². The minimum absolute atomic E-state index is 0.0520. The molecule has 28 heavy (non-hydrogen) atoms.